The summed E-state index contributed by atoms with van der Waals surface area (Å²) in [6, 6.07) is 13.4. The van der Waals surface area contributed by atoms with Gasteiger partial charge in [-0.3, -0.25) is 14.6 Å². The fourth-order valence-corrected chi connectivity index (χ4v) is 4.57. The number of carbonyl (C=O) groups excluding carboxylic acids is 1. The van der Waals surface area contributed by atoms with E-state index in [1.165, 1.54) is 23.1 Å². The Morgan fingerprint density at radius 2 is 2.07 bits per heavy atom. The van der Waals surface area contributed by atoms with E-state index in [9.17, 15) is 9.59 Å². The molecular formula is C21H18N4O2S2. The minimum atomic E-state index is -0.306. The highest BCUT2D eigenvalue weighted by molar-refractivity contribution is 7.99. The molecule has 0 aliphatic heterocycles. The van der Waals surface area contributed by atoms with Crippen LogP contribution in [0.5, 0.6) is 0 Å². The number of H-pyrrole nitrogens is 1. The molecule has 0 radical (unpaired) electrons. The molecule has 146 valence electrons. The Kier molecular flexibility index (Phi) is 5.73. The molecule has 0 unspecified atom stereocenters. The summed E-state index contributed by atoms with van der Waals surface area (Å²) >= 11 is 2.87. The van der Waals surface area contributed by atoms with Crippen LogP contribution in [0, 0.1) is 0 Å². The third kappa shape index (κ3) is 4.38. The molecule has 3 aromatic heterocycles. The molecule has 3 heterocycles. The summed E-state index contributed by atoms with van der Waals surface area (Å²) in [5.41, 5.74) is 2.39. The van der Waals surface area contributed by atoms with Crippen LogP contribution in [0.25, 0.3) is 21.3 Å². The largest absolute Gasteiger partial charge is 0.324 e. The number of carbonyl (C=O) groups is 1. The summed E-state index contributed by atoms with van der Waals surface area (Å²) in [5, 5.41) is 5.09. The number of thiophene rings is 1. The average Bonchev–Trinajstić information content (AvgIpc) is 3.18. The SMILES string of the molecule is C[C@H](SCc1nc2scc(-c3ccccc3)c2c(=O)[nH]1)C(=O)Nc1cccnc1. The van der Waals surface area contributed by atoms with Gasteiger partial charge in [0.05, 0.1) is 28.3 Å². The predicted octanol–water partition coefficient (Wildman–Crippen LogP) is 4.31. The summed E-state index contributed by atoms with van der Waals surface area (Å²) < 4.78 is 0. The average molecular weight is 423 g/mol. The lowest BCUT2D eigenvalue weighted by molar-refractivity contribution is -0.115. The summed E-state index contributed by atoms with van der Waals surface area (Å²) in [6.45, 7) is 1.83. The van der Waals surface area contributed by atoms with Crippen LogP contribution in [-0.4, -0.2) is 26.1 Å². The van der Waals surface area contributed by atoms with E-state index in [-0.39, 0.29) is 16.7 Å². The Hall–Kier alpha value is -2.97. The van der Waals surface area contributed by atoms with E-state index in [0.29, 0.717) is 27.5 Å². The minimum absolute atomic E-state index is 0.117. The van der Waals surface area contributed by atoms with Gasteiger partial charge < -0.3 is 10.3 Å². The number of anilines is 1. The second kappa shape index (κ2) is 8.59. The van der Waals surface area contributed by atoms with Crippen LogP contribution in [0.2, 0.25) is 0 Å². The van der Waals surface area contributed by atoms with Crippen molar-refractivity contribution in [2.45, 2.75) is 17.9 Å². The number of pyridine rings is 1. The first-order valence-electron chi connectivity index (χ1n) is 9.00. The first kappa shape index (κ1) is 19.4. The maximum atomic E-state index is 12.7. The molecule has 0 bridgehead atoms. The number of aromatic amines is 1. The maximum Gasteiger partial charge on any atom is 0.260 e. The number of amides is 1. The van der Waals surface area contributed by atoms with Crippen molar-refractivity contribution in [3.8, 4) is 11.1 Å². The summed E-state index contributed by atoms with van der Waals surface area (Å²) in [5.74, 6) is 0.884. The molecule has 0 aliphatic carbocycles. The molecule has 0 saturated heterocycles. The molecule has 29 heavy (non-hydrogen) atoms. The monoisotopic (exact) mass is 422 g/mol. The zero-order valence-electron chi connectivity index (χ0n) is 15.6. The molecule has 6 nitrogen and oxygen atoms in total. The van der Waals surface area contributed by atoms with Crippen molar-refractivity contribution in [2.24, 2.45) is 0 Å². The van der Waals surface area contributed by atoms with Crippen molar-refractivity contribution in [1.29, 1.82) is 0 Å². The lowest BCUT2D eigenvalue weighted by Gasteiger charge is -2.11. The van der Waals surface area contributed by atoms with Crippen molar-refractivity contribution in [2.75, 3.05) is 5.32 Å². The zero-order valence-corrected chi connectivity index (χ0v) is 17.2. The molecule has 4 rings (SSSR count). The highest BCUT2D eigenvalue weighted by atomic mass is 32.2. The lowest BCUT2D eigenvalue weighted by atomic mass is 10.1. The van der Waals surface area contributed by atoms with E-state index in [1.54, 1.807) is 24.5 Å². The van der Waals surface area contributed by atoms with Gasteiger partial charge in [0.25, 0.3) is 5.56 Å². The smallest absolute Gasteiger partial charge is 0.260 e. The molecule has 0 fully saturated rings. The fraction of sp³-hybridized carbons (Fsp3) is 0.143. The van der Waals surface area contributed by atoms with Crippen LogP contribution < -0.4 is 10.9 Å². The van der Waals surface area contributed by atoms with Gasteiger partial charge in [-0.05, 0) is 24.6 Å². The number of rotatable bonds is 6. The molecule has 8 heteroatoms. The van der Waals surface area contributed by atoms with Gasteiger partial charge in [-0.15, -0.1) is 23.1 Å². The number of hydrogen-bond donors (Lipinski definition) is 2. The summed E-state index contributed by atoms with van der Waals surface area (Å²) in [7, 11) is 0. The Bertz CT molecular complexity index is 1190. The van der Waals surface area contributed by atoms with E-state index in [0.717, 1.165) is 11.1 Å². The molecule has 2 N–H and O–H groups in total. The number of hydrogen-bond acceptors (Lipinski definition) is 6. The van der Waals surface area contributed by atoms with Gasteiger partial charge >= 0.3 is 0 Å². The van der Waals surface area contributed by atoms with E-state index in [4.69, 9.17) is 0 Å². The second-order valence-corrected chi connectivity index (χ2v) is 8.58. The maximum absolute atomic E-state index is 12.7. The Balaban J connectivity index is 1.48. The second-order valence-electron chi connectivity index (χ2n) is 6.39. The minimum Gasteiger partial charge on any atom is -0.324 e. The van der Waals surface area contributed by atoms with Crippen LogP contribution in [0.15, 0.2) is 65.0 Å². The molecule has 1 amide bonds. The van der Waals surface area contributed by atoms with E-state index in [2.05, 4.69) is 20.3 Å². The van der Waals surface area contributed by atoms with Gasteiger partial charge in [0, 0.05) is 17.1 Å². The van der Waals surface area contributed by atoms with Crippen molar-refractivity contribution < 1.29 is 4.79 Å². The lowest BCUT2D eigenvalue weighted by Crippen LogP contribution is -2.23. The third-order valence-corrected chi connectivity index (χ3v) is 6.37. The highest BCUT2D eigenvalue weighted by Gasteiger charge is 2.16. The van der Waals surface area contributed by atoms with Crippen molar-refractivity contribution >= 4 is 44.9 Å². The van der Waals surface area contributed by atoms with Crippen LogP contribution in [0.1, 0.15) is 12.7 Å². The topological polar surface area (TPSA) is 87.7 Å². The van der Waals surface area contributed by atoms with Gasteiger partial charge in [-0.2, -0.15) is 0 Å². The van der Waals surface area contributed by atoms with Crippen LogP contribution >= 0.6 is 23.1 Å². The van der Waals surface area contributed by atoms with Gasteiger partial charge in [0.1, 0.15) is 10.7 Å². The first-order valence-corrected chi connectivity index (χ1v) is 10.9. The number of nitrogens with one attached hydrogen (secondary N) is 2. The van der Waals surface area contributed by atoms with E-state index >= 15 is 0 Å². The van der Waals surface area contributed by atoms with Crippen molar-refractivity contribution in [3.63, 3.8) is 0 Å². The van der Waals surface area contributed by atoms with E-state index in [1.807, 2.05) is 42.6 Å². The molecule has 4 aromatic rings. The number of nitrogens with zero attached hydrogens (tertiary/aromatic N) is 2. The quantitative estimate of drug-likeness (QED) is 0.483. The van der Waals surface area contributed by atoms with Gasteiger partial charge in [-0.1, -0.05) is 30.3 Å². The number of thioether (sulfide) groups is 1. The third-order valence-electron chi connectivity index (χ3n) is 4.35. The molecule has 0 aliphatic rings. The van der Waals surface area contributed by atoms with E-state index < -0.39 is 0 Å². The van der Waals surface area contributed by atoms with Crippen molar-refractivity contribution in [1.82, 2.24) is 15.0 Å². The Labute approximate surface area is 175 Å². The van der Waals surface area contributed by atoms with Crippen LogP contribution in [0.3, 0.4) is 0 Å². The van der Waals surface area contributed by atoms with Gasteiger partial charge in [0.2, 0.25) is 5.91 Å². The molecule has 0 saturated carbocycles. The predicted molar refractivity (Wildman–Crippen MR) is 119 cm³/mol. The van der Waals surface area contributed by atoms with Gasteiger partial charge in [-0.25, -0.2) is 4.98 Å². The Morgan fingerprint density at radius 3 is 2.83 bits per heavy atom. The zero-order chi connectivity index (χ0) is 20.2. The van der Waals surface area contributed by atoms with Crippen LogP contribution in [0.4, 0.5) is 5.69 Å². The first-order chi connectivity index (χ1) is 14.1. The standard InChI is InChI=1S/C21H18N4O2S2/c1-13(19(26)23-15-8-5-9-22-10-15)28-12-17-24-20(27)18-16(11-29-21(18)25-17)14-6-3-2-4-7-14/h2-11,13H,12H2,1H3,(H,23,26)(H,24,25,27)/t13-/m0/s1. The van der Waals surface area contributed by atoms with Gasteiger partial charge in [0.15, 0.2) is 0 Å². The summed E-state index contributed by atoms with van der Waals surface area (Å²) in [6.07, 6.45) is 3.25. The number of aromatic nitrogens is 3. The Morgan fingerprint density at radius 1 is 1.24 bits per heavy atom. The number of benzene rings is 1. The molecule has 1 aromatic carbocycles. The van der Waals surface area contributed by atoms with Crippen molar-refractivity contribution in [3.05, 3.63) is 76.4 Å². The molecule has 1 atom stereocenters. The fourth-order valence-electron chi connectivity index (χ4n) is 2.85. The summed E-state index contributed by atoms with van der Waals surface area (Å²) in [4.78, 5) is 37.2. The molecular weight excluding hydrogens is 404 g/mol. The normalized spacial score (nSPS) is 12.0. The molecule has 0 spiro atoms. The number of fused-ring (bicyclic) bond motifs is 1. The van der Waals surface area contributed by atoms with Crippen LogP contribution in [-0.2, 0) is 10.5 Å². The highest BCUT2D eigenvalue weighted by Crippen LogP contribution is 2.30.